The van der Waals surface area contributed by atoms with E-state index >= 15 is 0 Å². The lowest BCUT2D eigenvalue weighted by Crippen LogP contribution is -2.04. The van der Waals surface area contributed by atoms with Crippen LogP contribution in [0.15, 0.2) is 43.0 Å². The Balaban J connectivity index is 1.81. The Morgan fingerprint density at radius 3 is 2.71 bits per heavy atom. The van der Waals surface area contributed by atoms with Crippen LogP contribution in [0.25, 0.3) is 10.9 Å². The summed E-state index contributed by atoms with van der Waals surface area (Å²) in [6.45, 7) is 3.69. The Kier molecular flexibility index (Phi) is 3.48. The summed E-state index contributed by atoms with van der Waals surface area (Å²) in [5.74, 6) is -0.879. The normalized spacial score (nSPS) is 11.1. The Morgan fingerprint density at radius 2 is 2.00 bits per heavy atom. The first-order chi connectivity index (χ1) is 10.2. The predicted molar refractivity (Wildman–Crippen MR) is 80.5 cm³/mol. The van der Waals surface area contributed by atoms with Crippen molar-refractivity contribution >= 4 is 16.9 Å². The highest BCUT2D eigenvalue weighted by molar-refractivity contribution is 6.03. The average molecular weight is 283 g/mol. The first-order valence-corrected chi connectivity index (χ1v) is 6.94. The molecule has 1 aromatic carbocycles. The fourth-order valence-corrected chi connectivity index (χ4v) is 2.63. The number of hydrogen-bond donors (Lipinski definition) is 1. The van der Waals surface area contributed by atoms with Crippen molar-refractivity contribution in [2.45, 2.75) is 26.4 Å². The van der Waals surface area contributed by atoms with Crippen LogP contribution >= 0.6 is 0 Å². The van der Waals surface area contributed by atoms with Gasteiger partial charge in [0.25, 0.3) is 0 Å². The molecule has 0 amide bonds. The van der Waals surface area contributed by atoms with Crippen molar-refractivity contribution in [3.05, 3.63) is 54.2 Å². The molecular formula is C16H17N3O2. The monoisotopic (exact) mass is 283 g/mol. The molecule has 3 rings (SSSR count). The number of aromatic nitrogens is 3. The first-order valence-electron chi connectivity index (χ1n) is 6.94. The first kappa shape index (κ1) is 13.4. The number of hydrogen-bond acceptors (Lipinski definition) is 2. The summed E-state index contributed by atoms with van der Waals surface area (Å²) in [4.78, 5) is 15.4. The van der Waals surface area contributed by atoms with Crippen molar-refractivity contribution in [1.82, 2.24) is 14.1 Å². The zero-order chi connectivity index (χ0) is 14.8. The van der Waals surface area contributed by atoms with Gasteiger partial charge in [0.1, 0.15) is 0 Å². The molecule has 0 aliphatic rings. The number of imidazole rings is 1. The van der Waals surface area contributed by atoms with Gasteiger partial charge in [-0.15, -0.1) is 0 Å². The number of carbonyl (C=O) groups is 1. The number of carboxylic acids is 1. The molecule has 21 heavy (non-hydrogen) atoms. The Bertz CT molecular complexity index is 786. The molecule has 3 aromatic rings. The standard InChI is InChI=1S/C16H17N3O2/c1-12-9-17-11-19(12)8-4-7-18-10-14(16(20)21)13-5-2-3-6-15(13)18/h2-3,5-6,9-11H,4,7-8H2,1H3,(H,20,21). The largest absolute Gasteiger partial charge is 0.478 e. The Hall–Kier alpha value is -2.56. The van der Waals surface area contributed by atoms with Gasteiger partial charge in [-0.1, -0.05) is 18.2 Å². The molecule has 0 radical (unpaired) electrons. The molecule has 2 heterocycles. The van der Waals surface area contributed by atoms with Crippen molar-refractivity contribution in [2.24, 2.45) is 0 Å². The lowest BCUT2D eigenvalue weighted by molar-refractivity contribution is 0.0699. The lowest BCUT2D eigenvalue weighted by atomic mass is 10.2. The van der Waals surface area contributed by atoms with E-state index in [9.17, 15) is 9.90 Å². The van der Waals surface area contributed by atoms with Crippen LogP contribution in [0.4, 0.5) is 0 Å². The maximum atomic E-state index is 11.3. The Labute approximate surface area is 122 Å². The van der Waals surface area contributed by atoms with Gasteiger partial charge < -0.3 is 14.2 Å². The third-order valence-electron chi connectivity index (χ3n) is 3.74. The van der Waals surface area contributed by atoms with Gasteiger partial charge in [0.05, 0.1) is 11.9 Å². The smallest absolute Gasteiger partial charge is 0.337 e. The summed E-state index contributed by atoms with van der Waals surface area (Å²) < 4.78 is 4.12. The van der Waals surface area contributed by atoms with E-state index in [1.54, 1.807) is 6.20 Å². The summed E-state index contributed by atoms with van der Waals surface area (Å²) >= 11 is 0. The van der Waals surface area contributed by atoms with Gasteiger partial charge in [0, 0.05) is 42.1 Å². The summed E-state index contributed by atoms with van der Waals surface area (Å²) in [5.41, 5.74) is 2.47. The zero-order valence-electron chi connectivity index (χ0n) is 11.9. The van der Waals surface area contributed by atoms with Crippen molar-refractivity contribution < 1.29 is 9.90 Å². The predicted octanol–water partition coefficient (Wildman–Crippen LogP) is 2.93. The number of benzene rings is 1. The number of aromatic carboxylic acids is 1. The summed E-state index contributed by atoms with van der Waals surface area (Å²) in [7, 11) is 0. The van der Waals surface area contributed by atoms with Gasteiger partial charge in [0.2, 0.25) is 0 Å². The van der Waals surface area contributed by atoms with E-state index in [0.29, 0.717) is 5.56 Å². The quantitative estimate of drug-likeness (QED) is 0.783. The Morgan fingerprint density at radius 1 is 1.24 bits per heavy atom. The van der Waals surface area contributed by atoms with Crippen LogP contribution in [0.5, 0.6) is 0 Å². The summed E-state index contributed by atoms with van der Waals surface area (Å²) in [6.07, 6.45) is 6.32. The lowest BCUT2D eigenvalue weighted by Gasteiger charge is -2.07. The van der Waals surface area contributed by atoms with Gasteiger partial charge in [-0.05, 0) is 19.4 Å². The average Bonchev–Trinajstić information content (AvgIpc) is 3.04. The third kappa shape index (κ3) is 2.54. The van der Waals surface area contributed by atoms with Crippen molar-refractivity contribution in [1.29, 1.82) is 0 Å². The molecule has 2 aromatic heterocycles. The molecule has 1 N–H and O–H groups in total. The van der Waals surface area contributed by atoms with Crippen molar-refractivity contribution in [3.63, 3.8) is 0 Å². The van der Waals surface area contributed by atoms with Crippen LogP contribution < -0.4 is 0 Å². The number of aryl methyl sites for hydroxylation is 3. The van der Waals surface area contributed by atoms with E-state index in [1.807, 2.05) is 48.3 Å². The number of nitrogens with zero attached hydrogens (tertiary/aromatic N) is 3. The highest BCUT2D eigenvalue weighted by Gasteiger charge is 2.13. The van der Waals surface area contributed by atoms with E-state index in [-0.39, 0.29) is 0 Å². The molecule has 0 unspecified atom stereocenters. The molecule has 0 aliphatic heterocycles. The second-order valence-electron chi connectivity index (χ2n) is 5.14. The van der Waals surface area contributed by atoms with E-state index in [2.05, 4.69) is 9.55 Å². The van der Waals surface area contributed by atoms with Gasteiger partial charge in [-0.3, -0.25) is 0 Å². The van der Waals surface area contributed by atoms with Crippen LogP contribution in [0, 0.1) is 6.92 Å². The number of fused-ring (bicyclic) bond motifs is 1. The van der Waals surface area contributed by atoms with Crippen LogP contribution in [-0.2, 0) is 13.1 Å². The van der Waals surface area contributed by atoms with Crippen LogP contribution in [-0.4, -0.2) is 25.2 Å². The molecule has 0 bridgehead atoms. The second kappa shape index (κ2) is 5.44. The minimum atomic E-state index is -0.879. The van der Waals surface area contributed by atoms with Gasteiger partial charge in [0.15, 0.2) is 0 Å². The number of para-hydroxylation sites is 1. The van der Waals surface area contributed by atoms with Gasteiger partial charge >= 0.3 is 5.97 Å². The van der Waals surface area contributed by atoms with E-state index in [1.165, 1.54) is 0 Å². The van der Waals surface area contributed by atoms with E-state index in [4.69, 9.17) is 0 Å². The van der Waals surface area contributed by atoms with Crippen LogP contribution in [0.1, 0.15) is 22.5 Å². The minimum absolute atomic E-state index is 0.365. The summed E-state index contributed by atoms with van der Waals surface area (Å²) in [6, 6.07) is 7.62. The highest BCUT2D eigenvalue weighted by atomic mass is 16.4. The fourth-order valence-electron chi connectivity index (χ4n) is 2.63. The highest BCUT2D eigenvalue weighted by Crippen LogP contribution is 2.21. The molecule has 108 valence electrons. The van der Waals surface area contributed by atoms with Crippen LogP contribution in [0.2, 0.25) is 0 Å². The SMILES string of the molecule is Cc1cncn1CCCn1cc(C(=O)O)c2ccccc21. The maximum Gasteiger partial charge on any atom is 0.337 e. The van der Waals surface area contributed by atoms with E-state index in [0.717, 1.165) is 36.1 Å². The van der Waals surface area contributed by atoms with Crippen LogP contribution in [0.3, 0.4) is 0 Å². The fraction of sp³-hybridized carbons (Fsp3) is 0.250. The van der Waals surface area contributed by atoms with Crippen molar-refractivity contribution in [2.75, 3.05) is 0 Å². The maximum absolute atomic E-state index is 11.3. The third-order valence-corrected chi connectivity index (χ3v) is 3.74. The molecule has 5 nitrogen and oxygen atoms in total. The second-order valence-corrected chi connectivity index (χ2v) is 5.14. The van der Waals surface area contributed by atoms with Gasteiger partial charge in [-0.25, -0.2) is 9.78 Å². The molecule has 0 aliphatic carbocycles. The molecule has 5 heteroatoms. The number of rotatable bonds is 5. The number of carboxylic acid groups (broad SMARTS) is 1. The minimum Gasteiger partial charge on any atom is -0.478 e. The molecule has 0 spiro atoms. The topological polar surface area (TPSA) is 60.0 Å². The van der Waals surface area contributed by atoms with Crippen molar-refractivity contribution in [3.8, 4) is 0 Å². The summed E-state index contributed by atoms with van der Waals surface area (Å²) in [5, 5.41) is 10.1. The molecule has 0 atom stereocenters. The molecule has 0 saturated carbocycles. The molecular weight excluding hydrogens is 266 g/mol. The van der Waals surface area contributed by atoms with Gasteiger partial charge in [-0.2, -0.15) is 0 Å². The zero-order valence-corrected chi connectivity index (χ0v) is 11.9. The molecule has 0 saturated heterocycles. The molecule has 0 fully saturated rings. The van der Waals surface area contributed by atoms with E-state index < -0.39 is 5.97 Å².